The average Bonchev–Trinajstić information content (AvgIpc) is 2.78. The maximum atomic E-state index is 11.3. The largest absolute Gasteiger partial charge is 0.288 e. The Bertz CT molecular complexity index is 487. The van der Waals surface area contributed by atoms with Gasteiger partial charge in [-0.05, 0) is 29.2 Å². The first-order valence-corrected chi connectivity index (χ1v) is 5.27. The van der Waals surface area contributed by atoms with E-state index in [-0.39, 0.29) is 5.78 Å². The monoisotopic (exact) mass is 215 g/mol. The van der Waals surface area contributed by atoms with Crippen LogP contribution in [0.4, 0.5) is 0 Å². The van der Waals surface area contributed by atoms with Crippen LogP contribution in [0, 0.1) is 0 Å². The lowest BCUT2D eigenvalue weighted by atomic mass is 10.1. The molecular formula is C12H9NOS. The number of nitrogens with zero attached hydrogens (tertiary/aromatic N) is 1. The quantitative estimate of drug-likeness (QED) is 0.581. The van der Waals surface area contributed by atoms with E-state index in [0.29, 0.717) is 5.69 Å². The van der Waals surface area contributed by atoms with E-state index >= 15 is 0 Å². The first-order valence-electron chi connectivity index (χ1n) is 4.50. The van der Waals surface area contributed by atoms with Crippen molar-refractivity contribution >= 4 is 17.3 Å². The molecule has 0 atom stereocenters. The fourth-order valence-electron chi connectivity index (χ4n) is 1.23. The number of aromatic nitrogens is 1. The second-order valence-corrected chi connectivity index (χ2v) is 3.82. The van der Waals surface area contributed by atoms with Gasteiger partial charge in [0.1, 0.15) is 5.69 Å². The Hall–Kier alpha value is -1.74. The number of hydrogen-bond donors (Lipinski definition) is 0. The highest BCUT2D eigenvalue weighted by Crippen LogP contribution is 2.24. The molecule has 2 nitrogen and oxygen atoms in total. The fourth-order valence-corrected chi connectivity index (χ4v) is 1.98. The van der Waals surface area contributed by atoms with Gasteiger partial charge in [-0.25, -0.2) is 0 Å². The molecule has 1 aromatic heterocycles. The molecule has 1 aromatic carbocycles. The van der Waals surface area contributed by atoms with Crippen LogP contribution in [0.2, 0.25) is 0 Å². The minimum Gasteiger partial charge on any atom is -0.288 e. The summed E-state index contributed by atoms with van der Waals surface area (Å²) in [4.78, 5) is 12.3. The van der Waals surface area contributed by atoms with Gasteiger partial charge in [0.05, 0.1) is 4.88 Å². The number of carbonyl (C=O) groups excluding carboxylic acids is 1. The predicted molar refractivity (Wildman–Crippen MR) is 62.1 cm³/mol. The summed E-state index contributed by atoms with van der Waals surface area (Å²) in [5.74, 6) is -0.131. The van der Waals surface area contributed by atoms with Gasteiger partial charge in [-0.1, -0.05) is 36.9 Å². The van der Waals surface area contributed by atoms with Gasteiger partial charge in [0.25, 0.3) is 0 Å². The third-order valence-electron chi connectivity index (χ3n) is 2.01. The molecule has 1 heterocycles. The Labute approximate surface area is 92.1 Å². The highest BCUT2D eigenvalue weighted by molar-refractivity contribution is 7.09. The van der Waals surface area contributed by atoms with Crippen molar-refractivity contribution < 1.29 is 4.79 Å². The summed E-state index contributed by atoms with van der Waals surface area (Å²) in [5.41, 5.74) is 1.55. The third-order valence-corrected chi connectivity index (χ3v) is 2.84. The van der Waals surface area contributed by atoms with Crippen molar-refractivity contribution in [3.05, 3.63) is 54.7 Å². The van der Waals surface area contributed by atoms with Gasteiger partial charge in [0.2, 0.25) is 5.78 Å². The van der Waals surface area contributed by atoms with Crippen molar-refractivity contribution in [2.24, 2.45) is 0 Å². The predicted octanol–water partition coefficient (Wildman–Crippen LogP) is 3.18. The van der Waals surface area contributed by atoms with Crippen molar-refractivity contribution in [2.75, 3.05) is 0 Å². The highest BCUT2D eigenvalue weighted by atomic mass is 32.1. The Balaban J connectivity index is 2.36. The Kier molecular flexibility index (Phi) is 2.74. The van der Waals surface area contributed by atoms with Crippen LogP contribution in [-0.4, -0.2) is 10.2 Å². The molecular weight excluding hydrogens is 206 g/mol. The first-order chi connectivity index (χ1) is 7.31. The van der Waals surface area contributed by atoms with E-state index in [0.717, 1.165) is 10.4 Å². The molecule has 3 heteroatoms. The summed E-state index contributed by atoms with van der Waals surface area (Å²) in [6.07, 6.45) is 1.28. The average molecular weight is 215 g/mol. The maximum Gasteiger partial charge on any atom is 0.204 e. The molecule has 0 amide bonds. The van der Waals surface area contributed by atoms with Crippen LogP contribution in [0.3, 0.4) is 0 Å². The first kappa shape index (κ1) is 9.80. The van der Waals surface area contributed by atoms with Crippen LogP contribution >= 0.6 is 11.5 Å². The second kappa shape index (κ2) is 4.19. The lowest BCUT2D eigenvalue weighted by Gasteiger charge is -1.92. The van der Waals surface area contributed by atoms with E-state index < -0.39 is 0 Å². The Morgan fingerprint density at radius 2 is 2.07 bits per heavy atom. The number of hydrogen-bond acceptors (Lipinski definition) is 3. The number of allylic oxidation sites excluding steroid dienone is 1. The normalized spacial score (nSPS) is 9.87. The zero-order valence-electron chi connectivity index (χ0n) is 8.01. The standard InChI is InChI=1S/C12H9NOS/c1-2-11(14)10-8-12(15-13-10)9-6-4-3-5-7-9/h2-8H,1H2. The van der Waals surface area contributed by atoms with E-state index in [1.807, 2.05) is 30.3 Å². The molecule has 0 aliphatic rings. The van der Waals surface area contributed by atoms with Crippen LogP contribution < -0.4 is 0 Å². The van der Waals surface area contributed by atoms with Gasteiger partial charge in [0, 0.05) is 0 Å². The summed E-state index contributed by atoms with van der Waals surface area (Å²) in [5, 5.41) is 0. The van der Waals surface area contributed by atoms with E-state index in [1.165, 1.54) is 17.6 Å². The Morgan fingerprint density at radius 1 is 1.33 bits per heavy atom. The van der Waals surface area contributed by atoms with E-state index in [9.17, 15) is 4.79 Å². The molecule has 0 saturated heterocycles. The maximum absolute atomic E-state index is 11.3. The molecule has 2 aromatic rings. The van der Waals surface area contributed by atoms with Crippen LogP contribution in [-0.2, 0) is 0 Å². The topological polar surface area (TPSA) is 30.0 Å². The molecule has 0 saturated carbocycles. The van der Waals surface area contributed by atoms with Gasteiger partial charge < -0.3 is 0 Å². The molecule has 0 aliphatic heterocycles. The molecule has 0 N–H and O–H groups in total. The molecule has 0 unspecified atom stereocenters. The third kappa shape index (κ3) is 2.02. The van der Waals surface area contributed by atoms with Crippen LogP contribution in [0.25, 0.3) is 10.4 Å². The van der Waals surface area contributed by atoms with E-state index in [2.05, 4.69) is 11.0 Å². The summed E-state index contributed by atoms with van der Waals surface area (Å²) >= 11 is 1.33. The zero-order chi connectivity index (χ0) is 10.7. The number of carbonyl (C=O) groups is 1. The van der Waals surface area contributed by atoms with E-state index in [4.69, 9.17) is 0 Å². The smallest absolute Gasteiger partial charge is 0.204 e. The summed E-state index contributed by atoms with van der Waals surface area (Å²) in [6.45, 7) is 3.43. The Morgan fingerprint density at radius 3 is 2.73 bits per heavy atom. The summed E-state index contributed by atoms with van der Waals surface area (Å²) in [7, 11) is 0. The number of benzene rings is 1. The minimum atomic E-state index is -0.131. The lowest BCUT2D eigenvalue weighted by molar-refractivity contribution is 0.104. The molecule has 0 aliphatic carbocycles. The molecule has 2 rings (SSSR count). The number of rotatable bonds is 3. The molecule has 0 radical (unpaired) electrons. The summed E-state index contributed by atoms with van der Waals surface area (Å²) in [6, 6.07) is 11.7. The molecule has 0 fully saturated rings. The van der Waals surface area contributed by atoms with Crippen molar-refractivity contribution in [3.8, 4) is 10.4 Å². The molecule has 0 bridgehead atoms. The van der Waals surface area contributed by atoms with Crippen molar-refractivity contribution in [1.29, 1.82) is 0 Å². The molecule has 0 spiro atoms. The van der Waals surface area contributed by atoms with E-state index in [1.54, 1.807) is 6.07 Å². The highest BCUT2D eigenvalue weighted by Gasteiger charge is 2.08. The van der Waals surface area contributed by atoms with Gasteiger partial charge in [-0.3, -0.25) is 4.79 Å². The summed E-state index contributed by atoms with van der Waals surface area (Å²) < 4.78 is 4.08. The molecule has 15 heavy (non-hydrogen) atoms. The van der Waals surface area contributed by atoms with Gasteiger partial charge >= 0.3 is 0 Å². The van der Waals surface area contributed by atoms with Crippen molar-refractivity contribution in [2.45, 2.75) is 0 Å². The van der Waals surface area contributed by atoms with Crippen molar-refractivity contribution in [1.82, 2.24) is 4.37 Å². The SMILES string of the molecule is C=CC(=O)c1cc(-c2ccccc2)sn1. The van der Waals surface area contributed by atoms with Crippen molar-refractivity contribution in [3.63, 3.8) is 0 Å². The van der Waals surface area contributed by atoms with Crippen LogP contribution in [0.5, 0.6) is 0 Å². The van der Waals surface area contributed by atoms with Crippen LogP contribution in [0.15, 0.2) is 49.1 Å². The van der Waals surface area contributed by atoms with Crippen LogP contribution in [0.1, 0.15) is 10.5 Å². The lowest BCUT2D eigenvalue weighted by Crippen LogP contribution is -1.91. The second-order valence-electron chi connectivity index (χ2n) is 3.01. The zero-order valence-corrected chi connectivity index (χ0v) is 8.83. The van der Waals surface area contributed by atoms with Gasteiger partial charge in [-0.2, -0.15) is 4.37 Å². The van der Waals surface area contributed by atoms with Gasteiger partial charge in [0.15, 0.2) is 0 Å². The minimum absolute atomic E-state index is 0.131. The molecule has 74 valence electrons. The number of ketones is 1. The van der Waals surface area contributed by atoms with Gasteiger partial charge in [-0.15, -0.1) is 0 Å². The fraction of sp³-hybridized carbons (Fsp3) is 0.